The number of nitrogens with zero attached hydrogens (tertiary/aromatic N) is 6. The maximum atomic E-state index is 6.23. The Morgan fingerprint density at radius 3 is 2.43 bits per heavy atom. The first-order chi connectivity index (χ1) is 14.6. The number of thiazole rings is 1. The highest BCUT2D eigenvalue weighted by molar-refractivity contribution is 7.19. The molecule has 0 saturated carbocycles. The Labute approximate surface area is 189 Å². The molecule has 0 unspecified atom stereocenters. The molecule has 5 heterocycles. The Kier molecular flexibility index (Phi) is 6.17. The lowest BCUT2D eigenvalue weighted by atomic mass is 10.3. The zero-order valence-electron chi connectivity index (χ0n) is 17.0. The van der Waals surface area contributed by atoms with E-state index in [0.717, 1.165) is 87.3 Å². The molecule has 10 heteroatoms. The van der Waals surface area contributed by atoms with Crippen LogP contribution in [0.4, 0.5) is 5.82 Å². The average molecular weight is 465 g/mol. The predicted molar refractivity (Wildman–Crippen MR) is 123 cm³/mol. The van der Waals surface area contributed by atoms with E-state index in [-0.39, 0.29) is 0 Å². The SMILES string of the molecule is Cc1csc(CN2CCN(Cc3cc4nc(Cl)nc(N5CCOCC5)c4s3)CC2)n1. The normalized spacial score (nSPS) is 19.1. The number of rotatable bonds is 5. The molecule has 2 aliphatic heterocycles. The lowest BCUT2D eigenvalue weighted by Gasteiger charge is -2.33. The minimum Gasteiger partial charge on any atom is -0.378 e. The van der Waals surface area contributed by atoms with Crippen molar-refractivity contribution in [2.75, 3.05) is 57.4 Å². The Bertz CT molecular complexity index is 1010. The van der Waals surface area contributed by atoms with Crippen molar-refractivity contribution in [3.8, 4) is 0 Å². The van der Waals surface area contributed by atoms with E-state index in [1.165, 1.54) is 9.88 Å². The van der Waals surface area contributed by atoms with Crippen LogP contribution in [0.5, 0.6) is 0 Å². The van der Waals surface area contributed by atoms with Crippen LogP contribution in [0, 0.1) is 6.92 Å². The summed E-state index contributed by atoms with van der Waals surface area (Å²) in [4.78, 5) is 22.2. The largest absolute Gasteiger partial charge is 0.378 e. The molecule has 0 atom stereocenters. The lowest BCUT2D eigenvalue weighted by Crippen LogP contribution is -2.45. The van der Waals surface area contributed by atoms with Gasteiger partial charge in [-0.1, -0.05) is 0 Å². The third-order valence-electron chi connectivity index (χ3n) is 5.56. The van der Waals surface area contributed by atoms with Crippen LogP contribution in [0.3, 0.4) is 0 Å². The van der Waals surface area contributed by atoms with Crippen LogP contribution in [0.15, 0.2) is 11.4 Å². The highest BCUT2D eigenvalue weighted by Gasteiger charge is 2.22. The molecule has 5 rings (SSSR count). The first-order valence-corrected chi connectivity index (χ1v) is 12.4. The van der Waals surface area contributed by atoms with E-state index < -0.39 is 0 Å². The number of anilines is 1. The van der Waals surface area contributed by atoms with Gasteiger partial charge < -0.3 is 9.64 Å². The summed E-state index contributed by atoms with van der Waals surface area (Å²) in [5, 5.41) is 3.67. The summed E-state index contributed by atoms with van der Waals surface area (Å²) < 4.78 is 6.62. The van der Waals surface area contributed by atoms with Crippen molar-refractivity contribution < 1.29 is 4.74 Å². The van der Waals surface area contributed by atoms with Gasteiger partial charge in [-0.15, -0.1) is 22.7 Å². The summed E-state index contributed by atoms with van der Waals surface area (Å²) in [5.74, 6) is 0.952. The fourth-order valence-electron chi connectivity index (χ4n) is 4.00. The van der Waals surface area contributed by atoms with Gasteiger partial charge in [0.2, 0.25) is 5.28 Å². The van der Waals surface area contributed by atoms with Crippen LogP contribution in [0.25, 0.3) is 10.2 Å². The molecular weight excluding hydrogens is 440 g/mol. The van der Waals surface area contributed by atoms with E-state index in [1.54, 1.807) is 22.7 Å². The van der Waals surface area contributed by atoms with Gasteiger partial charge >= 0.3 is 0 Å². The molecule has 2 fully saturated rings. The van der Waals surface area contributed by atoms with Crippen LogP contribution in [-0.4, -0.2) is 77.2 Å². The summed E-state index contributed by atoms with van der Waals surface area (Å²) in [7, 11) is 0. The number of hydrogen-bond donors (Lipinski definition) is 0. The molecule has 2 saturated heterocycles. The third-order valence-corrected chi connectivity index (χ3v) is 7.78. The fraction of sp³-hybridized carbons (Fsp3) is 0.550. The van der Waals surface area contributed by atoms with Crippen molar-refractivity contribution in [3.05, 3.63) is 32.3 Å². The van der Waals surface area contributed by atoms with Crippen molar-refractivity contribution in [2.24, 2.45) is 0 Å². The Balaban J connectivity index is 1.25. The smallest absolute Gasteiger partial charge is 0.224 e. The molecule has 0 bridgehead atoms. The number of piperazine rings is 1. The van der Waals surface area contributed by atoms with Crippen molar-refractivity contribution in [1.29, 1.82) is 0 Å². The zero-order valence-corrected chi connectivity index (χ0v) is 19.4. The molecule has 30 heavy (non-hydrogen) atoms. The van der Waals surface area contributed by atoms with Crippen LogP contribution in [0.2, 0.25) is 5.28 Å². The van der Waals surface area contributed by atoms with Gasteiger partial charge in [-0.05, 0) is 24.6 Å². The molecule has 160 valence electrons. The molecule has 2 aliphatic rings. The van der Waals surface area contributed by atoms with Gasteiger partial charge in [0.05, 0.1) is 30.0 Å². The Morgan fingerprint density at radius 2 is 1.73 bits per heavy atom. The van der Waals surface area contributed by atoms with E-state index in [2.05, 4.69) is 48.0 Å². The average Bonchev–Trinajstić information content (AvgIpc) is 3.34. The topological polar surface area (TPSA) is 57.6 Å². The second kappa shape index (κ2) is 9.02. The van der Waals surface area contributed by atoms with Crippen molar-refractivity contribution >= 4 is 50.3 Å². The summed E-state index contributed by atoms with van der Waals surface area (Å²) in [6.45, 7) is 11.4. The number of ether oxygens (including phenoxy) is 1. The number of hydrogen-bond acceptors (Lipinski definition) is 9. The molecule has 3 aromatic heterocycles. The molecule has 7 nitrogen and oxygen atoms in total. The zero-order chi connectivity index (χ0) is 20.5. The number of morpholine rings is 1. The quantitative estimate of drug-likeness (QED) is 0.537. The summed E-state index contributed by atoms with van der Waals surface area (Å²) >= 11 is 9.79. The van der Waals surface area contributed by atoms with E-state index in [0.29, 0.717) is 5.28 Å². The minimum absolute atomic E-state index is 0.319. The van der Waals surface area contributed by atoms with Crippen LogP contribution in [-0.2, 0) is 17.8 Å². The van der Waals surface area contributed by atoms with Crippen molar-refractivity contribution in [2.45, 2.75) is 20.0 Å². The number of aromatic nitrogens is 3. The molecule has 0 aliphatic carbocycles. The first kappa shape index (κ1) is 20.5. The van der Waals surface area contributed by atoms with Gasteiger partial charge in [0, 0.05) is 61.8 Å². The van der Waals surface area contributed by atoms with Gasteiger partial charge in [-0.2, -0.15) is 4.98 Å². The van der Waals surface area contributed by atoms with Gasteiger partial charge in [0.1, 0.15) is 5.01 Å². The van der Waals surface area contributed by atoms with E-state index in [1.807, 2.05) is 0 Å². The number of aryl methyl sites for hydroxylation is 1. The maximum absolute atomic E-state index is 6.23. The minimum atomic E-state index is 0.319. The highest BCUT2D eigenvalue weighted by Crippen LogP contribution is 2.34. The summed E-state index contributed by atoms with van der Waals surface area (Å²) in [6.07, 6.45) is 0. The highest BCUT2D eigenvalue weighted by atomic mass is 35.5. The standard InChI is InChI=1S/C20H25ClN6OS2/c1-14-13-29-17(22-14)12-26-4-2-25(3-5-26)11-15-10-16-18(30-15)19(24-20(21)23-16)27-6-8-28-9-7-27/h10,13H,2-9,11-12H2,1H3. The van der Waals surface area contributed by atoms with E-state index >= 15 is 0 Å². The van der Waals surface area contributed by atoms with Crippen molar-refractivity contribution in [1.82, 2.24) is 24.8 Å². The number of fused-ring (bicyclic) bond motifs is 1. The molecular formula is C20H25ClN6OS2. The summed E-state index contributed by atoms with van der Waals surface area (Å²) in [6, 6.07) is 2.18. The van der Waals surface area contributed by atoms with Gasteiger partial charge in [0.15, 0.2) is 5.82 Å². The molecule has 0 spiro atoms. The monoisotopic (exact) mass is 464 g/mol. The van der Waals surface area contributed by atoms with Crippen molar-refractivity contribution in [3.63, 3.8) is 0 Å². The maximum Gasteiger partial charge on any atom is 0.224 e. The van der Waals surface area contributed by atoms with E-state index in [4.69, 9.17) is 16.3 Å². The van der Waals surface area contributed by atoms with Crippen LogP contribution >= 0.6 is 34.3 Å². The fourth-order valence-corrected chi connectivity index (χ4v) is 6.14. The molecule has 0 amide bonds. The summed E-state index contributed by atoms with van der Waals surface area (Å²) in [5.41, 5.74) is 2.08. The van der Waals surface area contributed by atoms with Gasteiger partial charge in [-0.25, -0.2) is 9.97 Å². The second-order valence-corrected chi connectivity index (χ2v) is 10.2. The number of thiophene rings is 1. The van der Waals surface area contributed by atoms with Gasteiger partial charge in [-0.3, -0.25) is 9.80 Å². The molecule has 3 aromatic rings. The first-order valence-electron chi connectivity index (χ1n) is 10.3. The van der Waals surface area contributed by atoms with Crippen LogP contribution < -0.4 is 4.90 Å². The van der Waals surface area contributed by atoms with Gasteiger partial charge in [0.25, 0.3) is 0 Å². The molecule has 0 radical (unpaired) electrons. The predicted octanol–water partition coefficient (Wildman–Crippen LogP) is 3.26. The Hall–Kier alpha value is -1.36. The van der Waals surface area contributed by atoms with Crippen LogP contribution in [0.1, 0.15) is 15.6 Å². The Morgan fingerprint density at radius 1 is 1.00 bits per heavy atom. The number of halogens is 1. The lowest BCUT2D eigenvalue weighted by molar-refractivity contribution is 0.122. The third kappa shape index (κ3) is 4.61. The molecule has 0 N–H and O–H groups in total. The molecule has 0 aromatic carbocycles. The van der Waals surface area contributed by atoms with E-state index in [9.17, 15) is 0 Å². The second-order valence-electron chi connectivity index (χ2n) is 7.78.